The van der Waals surface area contributed by atoms with E-state index in [1.807, 2.05) is 30.2 Å². The van der Waals surface area contributed by atoms with Gasteiger partial charge in [-0.25, -0.2) is 0 Å². The lowest BCUT2D eigenvalue weighted by Crippen LogP contribution is -2.01. The maximum atomic E-state index is 5.68. The second-order valence-corrected chi connectivity index (χ2v) is 5.05. The fourth-order valence-corrected chi connectivity index (χ4v) is 3.22. The zero-order chi connectivity index (χ0) is 9.80. The summed E-state index contributed by atoms with van der Waals surface area (Å²) in [5.41, 5.74) is 6.92. The molecule has 0 saturated heterocycles. The van der Waals surface area contributed by atoms with Crippen LogP contribution >= 0.6 is 11.8 Å². The summed E-state index contributed by atoms with van der Waals surface area (Å²) in [5, 5.41) is 0.796. The third-order valence-electron chi connectivity index (χ3n) is 2.69. The minimum atomic E-state index is 0.623. The molecule has 14 heavy (non-hydrogen) atoms. The number of nitrogens with zero attached hydrogens (tertiary/aromatic N) is 1. The van der Waals surface area contributed by atoms with Crippen LogP contribution in [0.2, 0.25) is 0 Å². The molecule has 0 aromatic carbocycles. The van der Waals surface area contributed by atoms with Gasteiger partial charge < -0.3 is 5.73 Å². The predicted octanol–water partition coefficient (Wildman–Crippen LogP) is 2.58. The van der Waals surface area contributed by atoms with Gasteiger partial charge >= 0.3 is 0 Å². The number of rotatable bonds is 3. The monoisotopic (exact) mass is 208 g/mol. The van der Waals surface area contributed by atoms with Crippen molar-refractivity contribution in [2.24, 2.45) is 5.73 Å². The van der Waals surface area contributed by atoms with Gasteiger partial charge in [-0.15, -0.1) is 11.8 Å². The van der Waals surface area contributed by atoms with Crippen LogP contribution in [0.1, 0.15) is 31.2 Å². The third kappa shape index (κ3) is 2.28. The topological polar surface area (TPSA) is 38.9 Å². The lowest BCUT2D eigenvalue weighted by Gasteiger charge is -2.11. The van der Waals surface area contributed by atoms with Gasteiger partial charge in [0.1, 0.15) is 0 Å². The van der Waals surface area contributed by atoms with Gasteiger partial charge in [-0.1, -0.05) is 12.8 Å². The number of hydrogen-bond donors (Lipinski definition) is 1. The molecule has 1 fully saturated rings. The van der Waals surface area contributed by atoms with E-state index in [2.05, 4.69) is 4.98 Å². The van der Waals surface area contributed by atoms with E-state index in [0.717, 1.165) is 5.25 Å². The first kappa shape index (κ1) is 9.99. The second-order valence-electron chi connectivity index (χ2n) is 3.71. The van der Waals surface area contributed by atoms with Crippen molar-refractivity contribution >= 4 is 11.8 Å². The number of hydrogen-bond acceptors (Lipinski definition) is 3. The Morgan fingerprint density at radius 1 is 1.43 bits per heavy atom. The van der Waals surface area contributed by atoms with Crippen molar-refractivity contribution < 1.29 is 0 Å². The average molecular weight is 208 g/mol. The van der Waals surface area contributed by atoms with E-state index in [9.17, 15) is 0 Å². The van der Waals surface area contributed by atoms with E-state index >= 15 is 0 Å². The lowest BCUT2D eigenvalue weighted by molar-refractivity contribution is 0.886. The molecule has 1 aliphatic rings. The van der Waals surface area contributed by atoms with Gasteiger partial charge in [-0.05, 0) is 24.5 Å². The Balaban J connectivity index is 2.07. The smallest absolute Gasteiger partial charge is 0.0407 e. The van der Waals surface area contributed by atoms with E-state index in [1.165, 1.54) is 36.1 Å². The van der Waals surface area contributed by atoms with Crippen molar-refractivity contribution in [3.63, 3.8) is 0 Å². The van der Waals surface area contributed by atoms with Gasteiger partial charge in [0.2, 0.25) is 0 Å². The molecule has 2 nitrogen and oxygen atoms in total. The summed E-state index contributed by atoms with van der Waals surface area (Å²) in [4.78, 5) is 5.44. The standard InChI is InChI=1S/C11H16N2S/c12-7-9-5-6-13-8-11(9)14-10-3-1-2-4-10/h5-6,8,10H,1-4,7,12H2. The quantitative estimate of drug-likeness (QED) is 0.829. The summed E-state index contributed by atoms with van der Waals surface area (Å²) in [6, 6.07) is 2.03. The van der Waals surface area contributed by atoms with Crippen molar-refractivity contribution in [3.05, 3.63) is 24.0 Å². The Morgan fingerprint density at radius 3 is 2.93 bits per heavy atom. The van der Waals surface area contributed by atoms with E-state index < -0.39 is 0 Å². The Kier molecular flexibility index (Phi) is 3.43. The molecular formula is C11H16N2S. The molecule has 0 atom stereocenters. The van der Waals surface area contributed by atoms with Gasteiger partial charge in [0, 0.05) is 29.1 Å². The van der Waals surface area contributed by atoms with E-state index in [4.69, 9.17) is 5.73 Å². The number of pyridine rings is 1. The Morgan fingerprint density at radius 2 is 2.21 bits per heavy atom. The molecular weight excluding hydrogens is 192 g/mol. The predicted molar refractivity (Wildman–Crippen MR) is 60.2 cm³/mol. The highest BCUT2D eigenvalue weighted by Gasteiger charge is 2.17. The van der Waals surface area contributed by atoms with Crippen molar-refractivity contribution in [3.8, 4) is 0 Å². The maximum Gasteiger partial charge on any atom is 0.0407 e. The summed E-state index contributed by atoms with van der Waals surface area (Å²) in [7, 11) is 0. The Bertz CT molecular complexity index is 295. The molecule has 1 heterocycles. The zero-order valence-electron chi connectivity index (χ0n) is 8.28. The van der Waals surface area contributed by atoms with Crippen LogP contribution in [0.3, 0.4) is 0 Å². The summed E-state index contributed by atoms with van der Waals surface area (Å²) in [6.45, 7) is 0.623. The Hall–Kier alpha value is -0.540. The number of thioether (sulfide) groups is 1. The van der Waals surface area contributed by atoms with Gasteiger partial charge in [0.05, 0.1) is 0 Å². The fourth-order valence-electron chi connectivity index (χ4n) is 1.87. The van der Waals surface area contributed by atoms with Crippen molar-refractivity contribution in [1.29, 1.82) is 0 Å². The minimum Gasteiger partial charge on any atom is -0.326 e. The summed E-state index contributed by atoms with van der Waals surface area (Å²) < 4.78 is 0. The molecule has 2 N–H and O–H groups in total. The van der Waals surface area contributed by atoms with Crippen LogP contribution in [0.25, 0.3) is 0 Å². The third-order valence-corrected chi connectivity index (χ3v) is 4.11. The SMILES string of the molecule is NCc1ccncc1SC1CCCC1. The normalized spacial score (nSPS) is 17.5. The van der Waals surface area contributed by atoms with Gasteiger partial charge in [0.15, 0.2) is 0 Å². The maximum absolute atomic E-state index is 5.68. The van der Waals surface area contributed by atoms with E-state index in [1.54, 1.807) is 0 Å². The van der Waals surface area contributed by atoms with Crippen molar-refractivity contribution in [2.75, 3.05) is 0 Å². The molecule has 1 aromatic rings. The summed E-state index contributed by atoms with van der Waals surface area (Å²) in [6.07, 6.45) is 9.24. The van der Waals surface area contributed by atoms with Crippen molar-refractivity contribution in [2.45, 2.75) is 42.4 Å². The summed E-state index contributed by atoms with van der Waals surface area (Å²) in [5.74, 6) is 0. The molecule has 0 spiro atoms. The lowest BCUT2D eigenvalue weighted by atomic mass is 10.3. The molecule has 0 amide bonds. The molecule has 2 rings (SSSR count). The first-order valence-corrected chi connectivity index (χ1v) is 6.07. The van der Waals surface area contributed by atoms with Crippen LogP contribution in [0.4, 0.5) is 0 Å². The number of aromatic nitrogens is 1. The van der Waals surface area contributed by atoms with Crippen LogP contribution < -0.4 is 5.73 Å². The van der Waals surface area contributed by atoms with Gasteiger partial charge in [-0.2, -0.15) is 0 Å². The largest absolute Gasteiger partial charge is 0.326 e. The first-order chi connectivity index (χ1) is 6.90. The molecule has 1 saturated carbocycles. The van der Waals surface area contributed by atoms with Crippen LogP contribution in [-0.4, -0.2) is 10.2 Å². The fraction of sp³-hybridized carbons (Fsp3) is 0.545. The molecule has 76 valence electrons. The van der Waals surface area contributed by atoms with E-state index in [-0.39, 0.29) is 0 Å². The van der Waals surface area contributed by atoms with Crippen LogP contribution in [0.5, 0.6) is 0 Å². The average Bonchev–Trinajstić information content (AvgIpc) is 2.71. The number of nitrogens with two attached hydrogens (primary N) is 1. The molecule has 3 heteroatoms. The highest BCUT2D eigenvalue weighted by Crippen LogP contribution is 2.35. The van der Waals surface area contributed by atoms with Crippen molar-refractivity contribution in [1.82, 2.24) is 4.98 Å². The van der Waals surface area contributed by atoms with Crippen LogP contribution in [-0.2, 0) is 6.54 Å². The Labute approximate surface area is 89.3 Å². The second kappa shape index (κ2) is 4.80. The molecule has 1 aliphatic carbocycles. The molecule has 1 aromatic heterocycles. The highest BCUT2D eigenvalue weighted by atomic mass is 32.2. The molecule has 0 unspecified atom stereocenters. The summed E-state index contributed by atoms with van der Waals surface area (Å²) >= 11 is 1.96. The van der Waals surface area contributed by atoms with Crippen LogP contribution in [0.15, 0.2) is 23.4 Å². The minimum absolute atomic E-state index is 0.623. The zero-order valence-corrected chi connectivity index (χ0v) is 9.09. The van der Waals surface area contributed by atoms with E-state index in [0.29, 0.717) is 6.54 Å². The van der Waals surface area contributed by atoms with Gasteiger partial charge in [-0.3, -0.25) is 4.98 Å². The molecule has 0 aliphatic heterocycles. The van der Waals surface area contributed by atoms with Gasteiger partial charge in [0.25, 0.3) is 0 Å². The first-order valence-electron chi connectivity index (χ1n) is 5.20. The van der Waals surface area contributed by atoms with Crippen LogP contribution in [0, 0.1) is 0 Å². The highest BCUT2D eigenvalue weighted by molar-refractivity contribution is 8.00. The molecule has 0 bridgehead atoms. The molecule has 0 radical (unpaired) electrons.